The molecule has 0 aliphatic rings. The van der Waals surface area contributed by atoms with Gasteiger partial charge in [0.1, 0.15) is 5.75 Å². The molecular formula is C17H16F3NO4. The minimum atomic E-state index is -4.76. The molecule has 5 nitrogen and oxygen atoms in total. The topological polar surface area (TPSA) is 56.8 Å². The molecule has 25 heavy (non-hydrogen) atoms. The molecule has 0 heterocycles. The van der Waals surface area contributed by atoms with E-state index in [0.717, 1.165) is 12.1 Å². The molecule has 0 saturated heterocycles. The zero-order chi connectivity index (χ0) is 18.4. The maximum Gasteiger partial charge on any atom is 0.573 e. The number of amides is 1. The second-order valence-electron chi connectivity index (χ2n) is 4.82. The Labute approximate surface area is 142 Å². The van der Waals surface area contributed by atoms with Crippen molar-refractivity contribution in [2.75, 3.05) is 19.0 Å². The van der Waals surface area contributed by atoms with Gasteiger partial charge in [-0.3, -0.25) is 4.79 Å². The summed E-state index contributed by atoms with van der Waals surface area (Å²) >= 11 is 0. The third-order valence-corrected chi connectivity index (χ3v) is 3.07. The van der Waals surface area contributed by atoms with Crippen molar-refractivity contribution >= 4 is 11.6 Å². The van der Waals surface area contributed by atoms with Crippen LogP contribution in [0.15, 0.2) is 42.5 Å². The van der Waals surface area contributed by atoms with Gasteiger partial charge in [-0.2, -0.15) is 0 Å². The molecule has 2 aromatic carbocycles. The summed E-state index contributed by atoms with van der Waals surface area (Å²) in [6, 6.07) is 9.53. The Morgan fingerprint density at radius 1 is 1.08 bits per heavy atom. The van der Waals surface area contributed by atoms with Gasteiger partial charge in [-0.25, -0.2) is 0 Å². The molecule has 0 aromatic heterocycles. The highest BCUT2D eigenvalue weighted by Crippen LogP contribution is 2.29. The molecule has 0 aliphatic heterocycles. The predicted molar refractivity (Wildman–Crippen MR) is 85.2 cm³/mol. The highest BCUT2D eigenvalue weighted by atomic mass is 19.4. The van der Waals surface area contributed by atoms with Crippen molar-refractivity contribution < 1.29 is 32.2 Å². The number of ether oxygens (including phenoxy) is 3. The third kappa shape index (κ3) is 5.30. The minimum absolute atomic E-state index is 0.319. The number of halogens is 3. The van der Waals surface area contributed by atoms with Gasteiger partial charge in [-0.15, -0.1) is 13.2 Å². The first-order valence-corrected chi connectivity index (χ1v) is 7.30. The lowest BCUT2D eigenvalue weighted by Gasteiger charge is -2.12. The lowest BCUT2D eigenvalue weighted by molar-refractivity contribution is -0.274. The number of rotatable bonds is 6. The first kappa shape index (κ1) is 18.4. The quantitative estimate of drug-likeness (QED) is 0.842. The normalized spacial score (nSPS) is 10.9. The van der Waals surface area contributed by atoms with Gasteiger partial charge in [-0.05, 0) is 49.4 Å². The largest absolute Gasteiger partial charge is 0.573 e. The maximum atomic E-state index is 12.3. The Bertz CT molecular complexity index is 730. The molecular weight excluding hydrogens is 339 g/mol. The number of hydrogen-bond donors (Lipinski definition) is 1. The Balaban J connectivity index is 2.10. The van der Waals surface area contributed by atoms with Crippen molar-refractivity contribution in [3.63, 3.8) is 0 Å². The van der Waals surface area contributed by atoms with Gasteiger partial charge in [0.2, 0.25) is 0 Å². The van der Waals surface area contributed by atoms with Crippen LogP contribution in [0.1, 0.15) is 17.3 Å². The van der Waals surface area contributed by atoms with E-state index < -0.39 is 12.3 Å². The van der Waals surface area contributed by atoms with Crippen LogP contribution in [0.25, 0.3) is 0 Å². The summed E-state index contributed by atoms with van der Waals surface area (Å²) in [5, 5.41) is 2.58. The van der Waals surface area contributed by atoms with Gasteiger partial charge < -0.3 is 19.5 Å². The molecule has 0 spiro atoms. The Morgan fingerprint density at radius 2 is 1.76 bits per heavy atom. The van der Waals surface area contributed by atoms with Gasteiger partial charge in [0.15, 0.2) is 11.5 Å². The summed E-state index contributed by atoms with van der Waals surface area (Å²) in [5.41, 5.74) is 0.646. The van der Waals surface area contributed by atoms with Gasteiger partial charge in [0.25, 0.3) is 5.91 Å². The van der Waals surface area contributed by atoms with Gasteiger partial charge in [0, 0.05) is 11.3 Å². The van der Waals surface area contributed by atoms with E-state index in [1.807, 2.05) is 0 Å². The number of carbonyl (C=O) groups excluding carboxylic acids is 1. The fourth-order valence-electron chi connectivity index (χ4n) is 2.03. The van der Waals surface area contributed by atoms with Gasteiger partial charge in [0.05, 0.1) is 13.7 Å². The second kappa shape index (κ2) is 7.78. The van der Waals surface area contributed by atoms with E-state index in [4.69, 9.17) is 9.47 Å². The Hall–Kier alpha value is -2.90. The number of hydrogen-bond acceptors (Lipinski definition) is 4. The van der Waals surface area contributed by atoms with Crippen LogP contribution in [0, 0.1) is 0 Å². The van der Waals surface area contributed by atoms with Crippen molar-refractivity contribution in [3.05, 3.63) is 48.0 Å². The molecule has 0 radical (unpaired) electrons. The monoisotopic (exact) mass is 355 g/mol. The highest BCUT2D eigenvalue weighted by molar-refractivity contribution is 6.04. The minimum Gasteiger partial charge on any atom is -0.493 e. The van der Waals surface area contributed by atoms with Crippen molar-refractivity contribution in [1.82, 2.24) is 0 Å². The smallest absolute Gasteiger partial charge is 0.493 e. The van der Waals surface area contributed by atoms with Crippen LogP contribution in [0.2, 0.25) is 0 Å². The number of methoxy groups -OCH3 is 1. The molecule has 0 atom stereocenters. The highest BCUT2D eigenvalue weighted by Gasteiger charge is 2.30. The van der Waals surface area contributed by atoms with Crippen LogP contribution in [-0.2, 0) is 0 Å². The standard InChI is InChI=1S/C17H16F3NO4/c1-3-24-15-10-11(4-9-14(15)23-2)16(22)21-12-5-7-13(8-6-12)25-17(18,19)20/h4-10H,3H2,1-2H3,(H,21,22). The number of alkyl halides is 3. The molecule has 2 rings (SSSR count). The SMILES string of the molecule is CCOc1cc(C(=O)Nc2ccc(OC(F)(F)F)cc2)ccc1OC. The zero-order valence-corrected chi connectivity index (χ0v) is 13.5. The summed E-state index contributed by atoms with van der Waals surface area (Å²) in [6.45, 7) is 2.21. The fourth-order valence-corrected chi connectivity index (χ4v) is 2.03. The third-order valence-electron chi connectivity index (χ3n) is 3.07. The van der Waals surface area contributed by atoms with E-state index in [-0.39, 0.29) is 5.75 Å². The van der Waals surface area contributed by atoms with E-state index in [0.29, 0.717) is 29.4 Å². The van der Waals surface area contributed by atoms with E-state index in [1.165, 1.54) is 25.3 Å². The van der Waals surface area contributed by atoms with E-state index in [9.17, 15) is 18.0 Å². The predicted octanol–water partition coefficient (Wildman–Crippen LogP) is 4.24. The van der Waals surface area contributed by atoms with Crippen molar-refractivity contribution in [2.24, 2.45) is 0 Å². The number of benzene rings is 2. The summed E-state index contributed by atoms with van der Waals surface area (Å²) < 4.78 is 50.7. The Kier molecular flexibility index (Phi) is 5.74. The summed E-state index contributed by atoms with van der Waals surface area (Å²) in [6.07, 6.45) is -4.76. The summed E-state index contributed by atoms with van der Waals surface area (Å²) in [7, 11) is 1.49. The van der Waals surface area contributed by atoms with Gasteiger partial charge >= 0.3 is 6.36 Å². The molecule has 1 amide bonds. The second-order valence-corrected chi connectivity index (χ2v) is 4.82. The van der Waals surface area contributed by atoms with E-state index >= 15 is 0 Å². The number of nitrogens with one attached hydrogen (secondary N) is 1. The average molecular weight is 355 g/mol. The van der Waals surface area contributed by atoms with Crippen LogP contribution >= 0.6 is 0 Å². The van der Waals surface area contributed by atoms with Crippen LogP contribution in [0.3, 0.4) is 0 Å². The molecule has 0 aliphatic carbocycles. The molecule has 0 bridgehead atoms. The lowest BCUT2D eigenvalue weighted by atomic mass is 10.2. The summed E-state index contributed by atoms with van der Waals surface area (Å²) in [4.78, 5) is 12.3. The number of anilines is 1. The molecule has 8 heteroatoms. The van der Waals surface area contributed by atoms with Crippen molar-refractivity contribution in [2.45, 2.75) is 13.3 Å². The first-order chi connectivity index (χ1) is 11.8. The van der Waals surface area contributed by atoms with E-state index in [1.54, 1.807) is 19.1 Å². The molecule has 0 saturated carbocycles. The Morgan fingerprint density at radius 3 is 2.32 bits per heavy atom. The van der Waals surface area contributed by atoms with Crippen LogP contribution in [-0.4, -0.2) is 26.0 Å². The van der Waals surface area contributed by atoms with Crippen LogP contribution in [0.4, 0.5) is 18.9 Å². The molecule has 0 fully saturated rings. The number of carbonyl (C=O) groups is 1. The van der Waals surface area contributed by atoms with Crippen molar-refractivity contribution in [1.29, 1.82) is 0 Å². The van der Waals surface area contributed by atoms with Crippen molar-refractivity contribution in [3.8, 4) is 17.2 Å². The van der Waals surface area contributed by atoms with Crippen LogP contribution < -0.4 is 19.5 Å². The molecule has 134 valence electrons. The fraction of sp³-hybridized carbons (Fsp3) is 0.235. The molecule has 1 N–H and O–H groups in total. The summed E-state index contributed by atoms with van der Waals surface area (Å²) in [5.74, 6) is 0.111. The first-order valence-electron chi connectivity index (χ1n) is 7.30. The maximum absolute atomic E-state index is 12.3. The molecule has 2 aromatic rings. The van der Waals surface area contributed by atoms with Crippen LogP contribution in [0.5, 0.6) is 17.2 Å². The zero-order valence-electron chi connectivity index (χ0n) is 13.5. The average Bonchev–Trinajstić information content (AvgIpc) is 2.55. The molecule has 0 unspecified atom stereocenters. The van der Waals surface area contributed by atoms with Gasteiger partial charge in [-0.1, -0.05) is 0 Å². The lowest BCUT2D eigenvalue weighted by Crippen LogP contribution is -2.17. The van der Waals surface area contributed by atoms with E-state index in [2.05, 4.69) is 10.1 Å².